The number of nitrogens with zero attached hydrogens (tertiary/aromatic N) is 1. The number of carbonyl (C=O) groups excluding carboxylic acids is 1. The fraction of sp³-hybridized carbons (Fsp3) is 0.462. The molecule has 0 aromatic heterocycles. The van der Waals surface area contributed by atoms with Crippen molar-refractivity contribution in [1.29, 1.82) is 0 Å². The molecular formula is C13H18ClN3O3. The molecule has 2 rings (SSSR count). The molecular weight excluding hydrogens is 282 g/mol. The Kier molecular flexibility index (Phi) is 6.41. The lowest BCUT2D eigenvalue weighted by Crippen LogP contribution is -2.30. The third-order valence-electron chi connectivity index (χ3n) is 3.26. The second-order valence-corrected chi connectivity index (χ2v) is 4.65. The van der Waals surface area contributed by atoms with Gasteiger partial charge in [0.05, 0.1) is 4.92 Å². The minimum Gasteiger partial charge on any atom is -0.352 e. The summed E-state index contributed by atoms with van der Waals surface area (Å²) >= 11 is 0. The van der Waals surface area contributed by atoms with Crippen molar-refractivity contribution in [3.63, 3.8) is 0 Å². The first-order chi connectivity index (χ1) is 9.16. The van der Waals surface area contributed by atoms with Crippen molar-refractivity contribution in [2.24, 2.45) is 0 Å². The van der Waals surface area contributed by atoms with Crippen LogP contribution in [-0.2, 0) is 0 Å². The molecule has 1 aliphatic heterocycles. The molecule has 0 bridgehead atoms. The predicted octanol–water partition coefficient (Wildman–Crippen LogP) is 1.89. The maximum atomic E-state index is 11.8. The molecule has 0 saturated carbocycles. The third-order valence-corrected chi connectivity index (χ3v) is 3.26. The summed E-state index contributed by atoms with van der Waals surface area (Å²) in [6.07, 6.45) is 3.22. The lowest BCUT2D eigenvalue weighted by atomic mass is 10.1. The number of carbonyl (C=O) groups is 1. The van der Waals surface area contributed by atoms with Gasteiger partial charge in [0.25, 0.3) is 11.6 Å². The highest BCUT2D eigenvalue weighted by atomic mass is 35.5. The van der Waals surface area contributed by atoms with Crippen molar-refractivity contribution in [1.82, 2.24) is 10.6 Å². The zero-order valence-corrected chi connectivity index (χ0v) is 11.8. The fourth-order valence-corrected chi connectivity index (χ4v) is 2.23. The summed E-state index contributed by atoms with van der Waals surface area (Å²) in [5, 5.41) is 16.8. The monoisotopic (exact) mass is 299 g/mol. The summed E-state index contributed by atoms with van der Waals surface area (Å²) in [4.78, 5) is 22.0. The van der Waals surface area contributed by atoms with Crippen LogP contribution >= 0.6 is 12.4 Å². The maximum Gasteiger partial charge on any atom is 0.270 e. The van der Waals surface area contributed by atoms with Crippen LogP contribution in [0.4, 0.5) is 5.69 Å². The number of non-ortho nitro benzene ring substituents is 1. The van der Waals surface area contributed by atoms with Gasteiger partial charge >= 0.3 is 0 Å². The topological polar surface area (TPSA) is 84.3 Å². The minimum atomic E-state index is -0.501. The summed E-state index contributed by atoms with van der Waals surface area (Å²) in [5.41, 5.74) is 0.263. The van der Waals surface area contributed by atoms with Gasteiger partial charge in [-0.15, -0.1) is 12.4 Å². The van der Waals surface area contributed by atoms with Crippen LogP contribution in [0.3, 0.4) is 0 Å². The first-order valence-electron chi connectivity index (χ1n) is 6.43. The third kappa shape index (κ3) is 4.47. The molecule has 1 aromatic carbocycles. The van der Waals surface area contributed by atoms with E-state index in [9.17, 15) is 14.9 Å². The van der Waals surface area contributed by atoms with E-state index in [1.165, 1.54) is 24.6 Å². The molecule has 2 N–H and O–H groups in total. The van der Waals surface area contributed by atoms with E-state index in [1.54, 1.807) is 6.07 Å². The van der Waals surface area contributed by atoms with E-state index in [-0.39, 0.29) is 24.0 Å². The number of hydrogen-bond acceptors (Lipinski definition) is 4. The second-order valence-electron chi connectivity index (χ2n) is 4.65. The molecule has 20 heavy (non-hydrogen) atoms. The Labute approximate surface area is 123 Å². The van der Waals surface area contributed by atoms with Gasteiger partial charge in [-0.05, 0) is 31.9 Å². The molecule has 0 spiro atoms. The molecule has 1 amide bonds. The highest BCUT2D eigenvalue weighted by molar-refractivity contribution is 5.94. The molecule has 0 unspecified atom stereocenters. The highest BCUT2D eigenvalue weighted by Crippen LogP contribution is 2.13. The van der Waals surface area contributed by atoms with Gasteiger partial charge in [-0.25, -0.2) is 0 Å². The number of nitro groups is 1. The summed E-state index contributed by atoms with van der Waals surface area (Å²) < 4.78 is 0. The molecule has 1 atom stereocenters. The number of nitro benzene ring substituents is 1. The zero-order valence-electron chi connectivity index (χ0n) is 11.0. The maximum absolute atomic E-state index is 11.8. The van der Waals surface area contributed by atoms with Crippen LogP contribution in [0.15, 0.2) is 24.3 Å². The van der Waals surface area contributed by atoms with Crippen molar-refractivity contribution in [2.45, 2.75) is 25.3 Å². The van der Waals surface area contributed by atoms with Crippen molar-refractivity contribution in [3.05, 3.63) is 39.9 Å². The van der Waals surface area contributed by atoms with Crippen LogP contribution in [-0.4, -0.2) is 30.0 Å². The zero-order chi connectivity index (χ0) is 13.7. The van der Waals surface area contributed by atoms with Crippen LogP contribution in [0.2, 0.25) is 0 Å². The number of rotatable bonds is 5. The number of amides is 1. The molecule has 0 radical (unpaired) electrons. The average Bonchev–Trinajstić information content (AvgIpc) is 2.92. The minimum absolute atomic E-state index is 0. The van der Waals surface area contributed by atoms with Gasteiger partial charge in [0.1, 0.15) is 0 Å². The quantitative estimate of drug-likeness (QED) is 0.642. The van der Waals surface area contributed by atoms with Gasteiger partial charge in [0, 0.05) is 30.3 Å². The van der Waals surface area contributed by atoms with Gasteiger partial charge in [-0.2, -0.15) is 0 Å². The molecule has 1 saturated heterocycles. The largest absolute Gasteiger partial charge is 0.352 e. The van der Waals surface area contributed by atoms with Gasteiger partial charge in [-0.1, -0.05) is 6.07 Å². The van der Waals surface area contributed by atoms with Gasteiger partial charge < -0.3 is 10.6 Å². The van der Waals surface area contributed by atoms with E-state index >= 15 is 0 Å². The molecule has 0 aliphatic carbocycles. The number of hydrogen-bond donors (Lipinski definition) is 2. The number of nitrogens with one attached hydrogen (secondary N) is 2. The Balaban J connectivity index is 0.00000200. The molecule has 1 fully saturated rings. The van der Waals surface area contributed by atoms with E-state index in [4.69, 9.17) is 0 Å². The summed E-state index contributed by atoms with van der Waals surface area (Å²) in [5.74, 6) is -0.262. The van der Waals surface area contributed by atoms with Crippen LogP contribution in [0, 0.1) is 10.1 Å². The SMILES string of the molecule is Cl.O=C(NCC[C@H]1CCCN1)c1cccc([N+](=O)[O-])c1. The van der Waals surface area contributed by atoms with E-state index in [0.29, 0.717) is 18.2 Å². The van der Waals surface area contributed by atoms with E-state index in [2.05, 4.69) is 10.6 Å². The van der Waals surface area contributed by atoms with Crippen LogP contribution in [0.1, 0.15) is 29.6 Å². The highest BCUT2D eigenvalue weighted by Gasteiger charge is 2.15. The summed E-state index contributed by atoms with van der Waals surface area (Å²) in [7, 11) is 0. The smallest absolute Gasteiger partial charge is 0.270 e. The first kappa shape index (κ1) is 16.4. The van der Waals surface area contributed by atoms with Gasteiger partial charge in [-0.3, -0.25) is 14.9 Å². The Bertz CT molecular complexity index is 476. The predicted molar refractivity (Wildman–Crippen MR) is 78.3 cm³/mol. The fourth-order valence-electron chi connectivity index (χ4n) is 2.23. The van der Waals surface area contributed by atoms with Crippen LogP contribution in [0.5, 0.6) is 0 Å². The van der Waals surface area contributed by atoms with E-state index in [1.807, 2.05) is 0 Å². The number of benzene rings is 1. The van der Waals surface area contributed by atoms with Crippen molar-refractivity contribution < 1.29 is 9.72 Å². The molecule has 1 aromatic rings. The Hall–Kier alpha value is -1.66. The Morgan fingerprint density at radius 3 is 2.95 bits per heavy atom. The molecule has 110 valence electrons. The Morgan fingerprint density at radius 1 is 1.50 bits per heavy atom. The first-order valence-corrected chi connectivity index (χ1v) is 6.43. The molecule has 6 nitrogen and oxygen atoms in total. The lowest BCUT2D eigenvalue weighted by Gasteiger charge is -2.10. The summed E-state index contributed by atoms with van der Waals surface area (Å²) in [6.45, 7) is 1.63. The lowest BCUT2D eigenvalue weighted by molar-refractivity contribution is -0.384. The van der Waals surface area contributed by atoms with Crippen molar-refractivity contribution >= 4 is 24.0 Å². The van der Waals surface area contributed by atoms with Crippen LogP contribution < -0.4 is 10.6 Å². The van der Waals surface area contributed by atoms with Crippen molar-refractivity contribution in [2.75, 3.05) is 13.1 Å². The van der Waals surface area contributed by atoms with Crippen molar-refractivity contribution in [3.8, 4) is 0 Å². The Morgan fingerprint density at radius 2 is 2.30 bits per heavy atom. The van der Waals surface area contributed by atoms with Gasteiger partial charge in [0.2, 0.25) is 0 Å². The molecule has 1 heterocycles. The molecule has 7 heteroatoms. The molecule has 1 aliphatic rings. The van der Waals surface area contributed by atoms with E-state index < -0.39 is 4.92 Å². The number of halogens is 1. The average molecular weight is 300 g/mol. The standard InChI is InChI=1S/C13H17N3O3.ClH/c17-13(15-8-6-11-4-2-7-14-11)10-3-1-5-12(9-10)16(18)19;/h1,3,5,9,11,14H,2,4,6-8H2,(H,15,17);1H/t11-;/m1./s1. The normalized spacial score (nSPS) is 17.3. The summed E-state index contributed by atoms with van der Waals surface area (Å²) in [6, 6.07) is 6.25. The van der Waals surface area contributed by atoms with Gasteiger partial charge in [0.15, 0.2) is 0 Å². The van der Waals surface area contributed by atoms with E-state index in [0.717, 1.165) is 19.4 Å². The van der Waals surface area contributed by atoms with Crippen LogP contribution in [0.25, 0.3) is 0 Å². The second kappa shape index (κ2) is 7.81.